The summed E-state index contributed by atoms with van der Waals surface area (Å²) in [6.07, 6.45) is 7.09. The Balaban J connectivity index is 1.69. The topological polar surface area (TPSA) is 92.8 Å². The first-order valence-corrected chi connectivity index (χ1v) is 10.6. The maximum atomic E-state index is 11.9. The van der Waals surface area contributed by atoms with E-state index in [0.717, 1.165) is 50.5 Å². The van der Waals surface area contributed by atoms with Crippen LogP contribution in [0.1, 0.15) is 58.8 Å². The molecule has 4 fully saturated rings. The van der Waals surface area contributed by atoms with E-state index in [4.69, 9.17) is 10.5 Å². The number of fused-ring (bicyclic) bond motifs is 5. The van der Waals surface area contributed by atoms with Gasteiger partial charge in [-0.2, -0.15) is 0 Å². The van der Waals surface area contributed by atoms with Gasteiger partial charge in [-0.05, 0) is 79.4 Å². The van der Waals surface area contributed by atoms with Crippen LogP contribution in [0.5, 0.6) is 0 Å². The van der Waals surface area contributed by atoms with Crippen LogP contribution in [0.2, 0.25) is 0 Å². The summed E-state index contributed by atoms with van der Waals surface area (Å²) in [4.78, 5) is 11.9. The molecule has 4 N–H and O–H groups in total. The summed E-state index contributed by atoms with van der Waals surface area (Å²) in [6, 6.07) is 0.136. The Bertz CT molecular complexity index is 648. The molecule has 0 heterocycles. The van der Waals surface area contributed by atoms with Crippen LogP contribution in [-0.2, 0) is 9.53 Å². The minimum Gasteiger partial charge on any atom is -0.466 e. The number of rotatable bonds is 1. The molecule has 4 rings (SSSR count). The molecular formula is C22H35NO4. The van der Waals surface area contributed by atoms with Crippen molar-refractivity contribution in [3.05, 3.63) is 11.6 Å². The standard InChI is InChI=1S/C22H35NO4/c1-21-9-7-15-18(14(21)5-4-12(21)10-17(24)27-3)20(26)19(25)16-11-13(23)6-8-22(15,16)2/h10,13-16,18-20,25-26H,4-9,11,23H2,1-3H3/b12-10+/t13-,14?,15?,16?,18?,19-,20?,21-,22-/m1/s1. The predicted molar refractivity (Wildman–Crippen MR) is 103 cm³/mol. The second-order valence-electron chi connectivity index (χ2n) is 10.1. The lowest BCUT2D eigenvalue weighted by Gasteiger charge is -2.63. The lowest BCUT2D eigenvalue weighted by atomic mass is 9.43. The molecule has 0 aromatic heterocycles. The Morgan fingerprint density at radius 3 is 2.56 bits per heavy atom. The molecular weight excluding hydrogens is 342 g/mol. The fraction of sp³-hybridized carbons (Fsp3) is 0.864. The Kier molecular flexibility index (Phi) is 4.72. The zero-order valence-corrected chi connectivity index (χ0v) is 16.9. The molecule has 0 radical (unpaired) electrons. The number of allylic oxidation sites excluding steroid dienone is 1. The number of hydrogen-bond acceptors (Lipinski definition) is 5. The number of carbonyl (C=O) groups excluding carboxylic acids is 1. The highest BCUT2D eigenvalue weighted by Crippen LogP contribution is 2.67. The average molecular weight is 378 g/mol. The predicted octanol–water partition coefficient (Wildman–Crippen LogP) is 2.40. The van der Waals surface area contributed by atoms with E-state index in [1.54, 1.807) is 6.08 Å². The SMILES string of the molecule is COC(=O)/C=C1\CCC2C3C(O)[C@H](O)C4C[C@H](N)CC[C@]4(C)C3CC[C@]12C. The molecule has 0 aliphatic heterocycles. The molecule has 152 valence electrons. The maximum Gasteiger partial charge on any atom is 0.330 e. The van der Waals surface area contributed by atoms with Crippen molar-refractivity contribution in [3.8, 4) is 0 Å². The van der Waals surface area contributed by atoms with Crippen molar-refractivity contribution in [2.45, 2.75) is 77.0 Å². The molecule has 0 aromatic rings. The normalized spacial score (nSPS) is 53.4. The second-order valence-corrected chi connectivity index (χ2v) is 10.1. The highest BCUT2D eigenvalue weighted by Gasteiger charge is 2.64. The van der Waals surface area contributed by atoms with Crippen molar-refractivity contribution >= 4 is 5.97 Å². The molecule has 0 amide bonds. The summed E-state index contributed by atoms with van der Waals surface area (Å²) in [7, 11) is 1.42. The average Bonchev–Trinajstić information content (AvgIpc) is 2.97. The van der Waals surface area contributed by atoms with Crippen LogP contribution in [0.25, 0.3) is 0 Å². The van der Waals surface area contributed by atoms with Gasteiger partial charge in [0, 0.05) is 12.1 Å². The highest BCUT2D eigenvalue weighted by atomic mass is 16.5. The van der Waals surface area contributed by atoms with Gasteiger partial charge in [-0.3, -0.25) is 0 Å². The van der Waals surface area contributed by atoms with E-state index >= 15 is 0 Å². The third-order valence-corrected chi connectivity index (χ3v) is 9.13. The Hall–Kier alpha value is -0.910. The first-order valence-electron chi connectivity index (χ1n) is 10.6. The van der Waals surface area contributed by atoms with Gasteiger partial charge in [0.15, 0.2) is 0 Å². The second kappa shape index (κ2) is 6.57. The van der Waals surface area contributed by atoms with Gasteiger partial charge in [-0.15, -0.1) is 0 Å². The quantitative estimate of drug-likeness (QED) is 0.482. The van der Waals surface area contributed by atoms with Crippen LogP contribution in [-0.4, -0.2) is 41.5 Å². The minimum absolute atomic E-state index is 0.0509. The van der Waals surface area contributed by atoms with E-state index in [0.29, 0.717) is 11.8 Å². The lowest BCUT2D eigenvalue weighted by molar-refractivity contribution is -0.210. The molecule has 4 aliphatic rings. The summed E-state index contributed by atoms with van der Waals surface area (Å²) in [5.41, 5.74) is 7.35. The number of aliphatic hydroxyl groups is 2. The fourth-order valence-corrected chi connectivity index (χ4v) is 7.58. The molecule has 27 heavy (non-hydrogen) atoms. The van der Waals surface area contributed by atoms with Crippen LogP contribution in [0, 0.1) is 34.5 Å². The first-order chi connectivity index (χ1) is 12.7. The number of hydrogen-bond donors (Lipinski definition) is 3. The van der Waals surface area contributed by atoms with Crippen LogP contribution in [0.3, 0.4) is 0 Å². The molecule has 0 spiro atoms. The third kappa shape index (κ3) is 2.72. The van der Waals surface area contributed by atoms with Crippen LogP contribution < -0.4 is 5.73 Å². The number of carbonyl (C=O) groups is 1. The summed E-state index contributed by atoms with van der Waals surface area (Å²) in [6.45, 7) is 4.58. The van der Waals surface area contributed by atoms with Gasteiger partial charge in [0.25, 0.3) is 0 Å². The molecule has 5 nitrogen and oxygen atoms in total. The van der Waals surface area contributed by atoms with Crippen molar-refractivity contribution in [1.29, 1.82) is 0 Å². The van der Waals surface area contributed by atoms with Gasteiger partial charge in [0.05, 0.1) is 19.3 Å². The summed E-state index contributed by atoms with van der Waals surface area (Å²) >= 11 is 0. The van der Waals surface area contributed by atoms with Crippen molar-refractivity contribution in [1.82, 2.24) is 0 Å². The van der Waals surface area contributed by atoms with E-state index in [-0.39, 0.29) is 34.7 Å². The largest absolute Gasteiger partial charge is 0.466 e. The van der Waals surface area contributed by atoms with E-state index in [1.165, 1.54) is 7.11 Å². The van der Waals surface area contributed by atoms with Gasteiger partial charge in [-0.25, -0.2) is 4.79 Å². The van der Waals surface area contributed by atoms with E-state index < -0.39 is 12.2 Å². The third-order valence-electron chi connectivity index (χ3n) is 9.13. The summed E-state index contributed by atoms with van der Waals surface area (Å²) in [5.74, 6) is 0.631. The number of esters is 1. The van der Waals surface area contributed by atoms with Crippen molar-refractivity contribution in [3.63, 3.8) is 0 Å². The molecule has 4 saturated carbocycles. The van der Waals surface area contributed by atoms with Crippen molar-refractivity contribution < 1.29 is 19.7 Å². The van der Waals surface area contributed by atoms with E-state index in [1.807, 2.05) is 0 Å². The smallest absolute Gasteiger partial charge is 0.330 e. The van der Waals surface area contributed by atoms with Gasteiger partial charge >= 0.3 is 5.97 Å². The number of methoxy groups -OCH3 is 1. The zero-order valence-electron chi connectivity index (χ0n) is 16.9. The number of nitrogens with two attached hydrogens (primary N) is 1. The van der Waals surface area contributed by atoms with Gasteiger partial charge < -0.3 is 20.7 Å². The van der Waals surface area contributed by atoms with Gasteiger partial charge in [-0.1, -0.05) is 19.4 Å². The molecule has 5 heteroatoms. The molecule has 4 aliphatic carbocycles. The van der Waals surface area contributed by atoms with E-state index in [2.05, 4.69) is 13.8 Å². The maximum absolute atomic E-state index is 11.9. The van der Waals surface area contributed by atoms with Crippen LogP contribution in [0.15, 0.2) is 11.6 Å². The van der Waals surface area contributed by atoms with Gasteiger partial charge in [0.2, 0.25) is 0 Å². The zero-order chi connectivity index (χ0) is 19.6. The molecule has 5 unspecified atom stereocenters. The molecule has 0 saturated heterocycles. The Morgan fingerprint density at radius 2 is 1.85 bits per heavy atom. The van der Waals surface area contributed by atoms with Gasteiger partial charge in [0.1, 0.15) is 0 Å². The van der Waals surface area contributed by atoms with Crippen LogP contribution in [0.4, 0.5) is 0 Å². The number of ether oxygens (including phenoxy) is 1. The minimum atomic E-state index is -0.696. The summed E-state index contributed by atoms with van der Waals surface area (Å²) in [5, 5.41) is 22.2. The molecule has 9 atom stereocenters. The van der Waals surface area contributed by atoms with Crippen molar-refractivity contribution in [2.75, 3.05) is 7.11 Å². The van der Waals surface area contributed by atoms with Crippen LogP contribution >= 0.6 is 0 Å². The first kappa shape index (κ1) is 19.4. The van der Waals surface area contributed by atoms with Crippen molar-refractivity contribution in [2.24, 2.45) is 40.2 Å². The monoisotopic (exact) mass is 377 g/mol. The fourth-order valence-electron chi connectivity index (χ4n) is 7.58. The van der Waals surface area contributed by atoms with E-state index in [9.17, 15) is 15.0 Å². The number of aliphatic hydroxyl groups excluding tert-OH is 2. The molecule has 0 aromatic carbocycles. The highest BCUT2D eigenvalue weighted by molar-refractivity contribution is 5.83. The summed E-state index contributed by atoms with van der Waals surface area (Å²) < 4.78 is 4.86. The Morgan fingerprint density at radius 1 is 1.11 bits per heavy atom. The molecule has 0 bridgehead atoms. The Labute approximate surface area is 162 Å². The lowest BCUT2D eigenvalue weighted by Crippen LogP contribution is -2.64.